The first kappa shape index (κ1) is 9.93. The van der Waals surface area contributed by atoms with Crippen molar-refractivity contribution in [1.82, 2.24) is 5.32 Å². The van der Waals surface area contributed by atoms with Crippen molar-refractivity contribution in [2.45, 2.75) is 31.2 Å². The first-order chi connectivity index (χ1) is 6.71. The van der Waals surface area contributed by atoms with Crippen molar-refractivity contribution in [3.63, 3.8) is 0 Å². The molecule has 2 rings (SSSR count). The Hall–Kier alpha value is -0.610. The van der Waals surface area contributed by atoms with Crippen molar-refractivity contribution in [2.24, 2.45) is 11.7 Å². The summed E-state index contributed by atoms with van der Waals surface area (Å²) in [6.45, 7) is 2.32. The predicted molar refractivity (Wildman–Crippen MR) is 52.7 cm³/mol. The molecule has 4 heteroatoms. The lowest BCUT2D eigenvalue weighted by Gasteiger charge is -2.36. The van der Waals surface area contributed by atoms with Gasteiger partial charge in [0, 0.05) is 19.1 Å². The monoisotopic (exact) mass is 198 g/mol. The van der Waals surface area contributed by atoms with Gasteiger partial charge < -0.3 is 15.8 Å². The van der Waals surface area contributed by atoms with Crippen molar-refractivity contribution in [3.8, 4) is 0 Å². The van der Waals surface area contributed by atoms with Gasteiger partial charge in [-0.25, -0.2) is 0 Å². The van der Waals surface area contributed by atoms with Crippen molar-refractivity contribution >= 4 is 5.91 Å². The molecule has 80 valence electrons. The van der Waals surface area contributed by atoms with E-state index in [-0.39, 0.29) is 5.91 Å². The molecule has 1 unspecified atom stereocenters. The minimum Gasteiger partial charge on any atom is -0.381 e. The predicted octanol–water partition coefficient (Wildman–Crippen LogP) is 0.0205. The van der Waals surface area contributed by atoms with Crippen molar-refractivity contribution in [3.05, 3.63) is 0 Å². The van der Waals surface area contributed by atoms with Crippen LogP contribution < -0.4 is 11.1 Å². The fourth-order valence-electron chi connectivity index (χ4n) is 1.94. The molecular formula is C10H18N2O2. The Morgan fingerprint density at radius 3 is 2.86 bits per heavy atom. The van der Waals surface area contributed by atoms with Crippen LogP contribution in [0.25, 0.3) is 0 Å². The van der Waals surface area contributed by atoms with Gasteiger partial charge in [-0.15, -0.1) is 0 Å². The van der Waals surface area contributed by atoms with E-state index in [1.165, 1.54) is 0 Å². The van der Waals surface area contributed by atoms with Gasteiger partial charge in [-0.2, -0.15) is 0 Å². The highest BCUT2D eigenvalue weighted by Crippen LogP contribution is 2.29. The summed E-state index contributed by atoms with van der Waals surface area (Å²) >= 11 is 0. The zero-order valence-electron chi connectivity index (χ0n) is 8.42. The van der Waals surface area contributed by atoms with E-state index in [1.54, 1.807) is 0 Å². The second-order valence-corrected chi connectivity index (χ2v) is 4.45. The Morgan fingerprint density at radius 1 is 1.57 bits per heavy atom. The van der Waals surface area contributed by atoms with E-state index in [1.807, 2.05) is 0 Å². The van der Waals surface area contributed by atoms with Crippen LogP contribution in [0.2, 0.25) is 0 Å². The van der Waals surface area contributed by atoms with E-state index in [2.05, 4.69) is 5.32 Å². The smallest absolute Gasteiger partial charge is 0.240 e. The fourth-order valence-corrected chi connectivity index (χ4v) is 1.94. The summed E-state index contributed by atoms with van der Waals surface area (Å²) in [5, 5.41) is 2.92. The van der Waals surface area contributed by atoms with Gasteiger partial charge in [-0.05, 0) is 25.7 Å². The zero-order valence-corrected chi connectivity index (χ0v) is 8.42. The average Bonchev–Trinajstić information content (AvgIpc) is 2.62. The van der Waals surface area contributed by atoms with Crippen LogP contribution in [0.15, 0.2) is 0 Å². The Labute approximate surface area is 84.2 Å². The molecular weight excluding hydrogens is 180 g/mol. The van der Waals surface area contributed by atoms with E-state index >= 15 is 0 Å². The van der Waals surface area contributed by atoms with Crippen LogP contribution in [-0.4, -0.2) is 31.2 Å². The first-order valence-corrected chi connectivity index (χ1v) is 5.36. The molecule has 4 nitrogen and oxygen atoms in total. The summed E-state index contributed by atoms with van der Waals surface area (Å²) in [5.41, 5.74) is 5.33. The molecule has 0 spiro atoms. The van der Waals surface area contributed by atoms with Crippen molar-refractivity contribution in [1.29, 1.82) is 0 Å². The molecule has 0 aromatic heterocycles. The third kappa shape index (κ3) is 1.91. The fraction of sp³-hybridized carbons (Fsp3) is 0.900. The van der Waals surface area contributed by atoms with Crippen LogP contribution in [-0.2, 0) is 9.53 Å². The van der Waals surface area contributed by atoms with Crippen molar-refractivity contribution in [2.75, 3.05) is 19.8 Å². The summed E-state index contributed by atoms with van der Waals surface area (Å²) in [6.07, 6.45) is 3.80. The Kier molecular flexibility index (Phi) is 2.74. The third-order valence-electron chi connectivity index (χ3n) is 3.27. The third-order valence-corrected chi connectivity index (χ3v) is 3.27. The second-order valence-electron chi connectivity index (χ2n) is 4.45. The number of nitrogens with two attached hydrogens (primary N) is 1. The quantitative estimate of drug-likeness (QED) is 0.672. The lowest BCUT2D eigenvalue weighted by atomic mass is 9.77. The Balaban J connectivity index is 1.71. The number of nitrogens with one attached hydrogen (secondary N) is 1. The van der Waals surface area contributed by atoms with Crippen LogP contribution >= 0.6 is 0 Å². The summed E-state index contributed by atoms with van der Waals surface area (Å²) in [4.78, 5) is 11.6. The van der Waals surface area contributed by atoms with Crippen molar-refractivity contribution < 1.29 is 9.53 Å². The molecule has 0 bridgehead atoms. The molecule has 3 N–H and O–H groups in total. The number of carbonyl (C=O) groups excluding carboxylic acids is 1. The van der Waals surface area contributed by atoms with Gasteiger partial charge in [-0.3, -0.25) is 4.79 Å². The van der Waals surface area contributed by atoms with Crippen LogP contribution in [0.3, 0.4) is 0 Å². The highest BCUT2D eigenvalue weighted by Gasteiger charge is 2.40. The van der Waals surface area contributed by atoms with E-state index in [4.69, 9.17) is 10.5 Å². The molecule has 1 saturated carbocycles. The molecule has 1 atom stereocenters. The van der Waals surface area contributed by atoms with Gasteiger partial charge in [0.25, 0.3) is 0 Å². The van der Waals surface area contributed by atoms with Crippen LogP contribution in [0.5, 0.6) is 0 Å². The lowest BCUT2D eigenvalue weighted by Crippen LogP contribution is -2.59. The number of amides is 1. The summed E-state index contributed by atoms with van der Waals surface area (Å²) in [6, 6.07) is 0. The van der Waals surface area contributed by atoms with Crippen LogP contribution in [0.4, 0.5) is 0 Å². The molecule has 1 amide bonds. The van der Waals surface area contributed by atoms with Crippen LogP contribution in [0, 0.1) is 5.92 Å². The van der Waals surface area contributed by atoms with Gasteiger partial charge >= 0.3 is 0 Å². The number of carbonyl (C=O) groups is 1. The summed E-state index contributed by atoms with van der Waals surface area (Å²) < 4.78 is 5.23. The lowest BCUT2D eigenvalue weighted by molar-refractivity contribution is -0.129. The SMILES string of the molecule is NC1(C(=O)NCC2CCOC2)CCC1. The maximum absolute atomic E-state index is 11.6. The number of ether oxygens (including phenoxy) is 1. The molecule has 0 aromatic carbocycles. The molecule has 1 heterocycles. The standard InChI is InChI=1S/C10H18N2O2/c11-10(3-1-4-10)9(13)12-6-8-2-5-14-7-8/h8H,1-7,11H2,(H,12,13). The van der Waals surface area contributed by atoms with Gasteiger partial charge in [0.15, 0.2) is 0 Å². The minimum absolute atomic E-state index is 0.0238. The molecule has 0 radical (unpaired) electrons. The second kappa shape index (κ2) is 3.87. The number of hydrogen-bond acceptors (Lipinski definition) is 3. The van der Waals surface area contributed by atoms with Gasteiger partial charge in [-0.1, -0.05) is 0 Å². The molecule has 14 heavy (non-hydrogen) atoms. The Bertz CT molecular complexity index is 220. The van der Waals surface area contributed by atoms with E-state index in [9.17, 15) is 4.79 Å². The number of hydrogen-bond donors (Lipinski definition) is 2. The van der Waals surface area contributed by atoms with Gasteiger partial charge in [0.2, 0.25) is 5.91 Å². The van der Waals surface area contributed by atoms with Crippen LogP contribution in [0.1, 0.15) is 25.7 Å². The molecule has 1 aliphatic heterocycles. The first-order valence-electron chi connectivity index (χ1n) is 5.36. The largest absolute Gasteiger partial charge is 0.381 e. The molecule has 1 saturated heterocycles. The van der Waals surface area contributed by atoms with E-state index < -0.39 is 5.54 Å². The minimum atomic E-state index is -0.556. The normalized spacial score (nSPS) is 29.6. The maximum atomic E-state index is 11.6. The highest BCUT2D eigenvalue weighted by atomic mass is 16.5. The average molecular weight is 198 g/mol. The molecule has 2 aliphatic rings. The molecule has 0 aromatic rings. The topological polar surface area (TPSA) is 64.4 Å². The molecule has 2 fully saturated rings. The summed E-state index contributed by atoms with van der Waals surface area (Å²) in [5.74, 6) is 0.512. The van der Waals surface area contributed by atoms with E-state index in [0.717, 1.165) is 45.4 Å². The van der Waals surface area contributed by atoms with Gasteiger partial charge in [0.05, 0.1) is 12.1 Å². The molecule has 1 aliphatic carbocycles. The van der Waals surface area contributed by atoms with E-state index in [0.29, 0.717) is 5.92 Å². The highest BCUT2D eigenvalue weighted by molar-refractivity contribution is 5.86. The number of rotatable bonds is 3. The Morgan fingerprint density at radius 2 is 2.36 bits per heavy atom. The zero-order chi connectivity index (χ0) is 10.0. The maximum Gasteiger partial charge on any atom is 0.240 e. The summed E-state index contributed by atoms with van der Waals surface area (Å²) in [7, 11) is 0. The van der Waals surface area contributed by atoms with Gasteiger partial charge in [0.1, 0.15) is 0 Å².